The fourth-order valence-corrected chi connectivity index (χ4v) is 3.95. The van der Waals surface area contributed by atoms with E-state index in [4.69, 9.17) is 14.4 Å². The molecule has 0 radical (unpaired) electrons. The molecule has 0 spiro atoms. The maximum Gasteiger partial charge on any atom is 0.407 e. The number of fused-ring (bicyclic) bond motifs is 3. The summed E-state index contributed by atoms with van der Waals surface area (Å²) >= 11 is 0. The SMILES string of the molecule is CC[C@H](NC(=O)c1conc1CNC(=O)OCC1c2ccccc2-c2ccccc21)C(=O)O. The molecule has 1 heterocycles. The van der Waals surface area contributed by atoms with Gasteiger partial charge in [0, 0.05) is 5.92 Å². The highest BCUT2D eigenvalue weighted by molar-refractivity contribution is 5.97. The topological polar surface area (TPSA) is 131 Å². The zero-order valence-electron chi connectivity index (χ0n) is 17.9. The van der Waals surface area contributed by atoms with Crippen molar-refractivity contribution in [3.63, 3.8) is 0 Å². The highest BCUT2D eigenvalue weighted by Gasteiger charge is 2.29. The smallest absolute Gasteiger partial charge is 0.407 e. The number of rotatable bonds is 8. The van der Waals surface area contributed by atoms with Crippen LogP contribution >= 0.6 is 0 Å². The number of nitrogens with one attached hydrogen (secondary N) is 2. The summed E-state index contributed by atoms with van der Waals surface area (Å²) in [5.74, 6) is -1.85. The number of hydrogen-bond acceptors (Lipinski definition) is 6. The molecule has 0 saturated carbocycles. The molecular weight excluding hydrogens is 426 g/mol. The summed E-state index contributed by atoms with van der Waals surface area (Å²) in [6.45, 7) is 1.69. The fraction of sp³-hybridized carbons (Fsp3) is 0.250. The predicted octanol–water partition coefficient (Wildman–Crippen LogP) is 3.31. The molecule has 0 saturated heterocycles. The molecule has 0 bridgehead atoms. The summed E-state index contributed by atoms with van der Waals surface area (Å²) in [5, 5.41) is 17.8. The van der Waals surface area contributed by atoms with Crippen LogP contribution in [0, 0.1) is 0 Å². The lowest BCUT2D eigenvalue weighted by Gasteiger charge is -2.14. The first kappa shape index (κ1) is 22.1. The number of hydrogen-bond donors (Lipinski definition) is 3. The summed E-state index contributed by atoms with van der Waals surface area (Å²) in [6.07, 6.45) is 0.668. The number of benzene rings is 2. The number of aliphatic carboxylic acids is 1. The largest absolute Gasteiger partial charge is 0.480 e. The van der Waals surface area contributed by atoms with Crippen LogP contribution in [0.4, 0.5) is 4.79 Å². The summed E-state index contributed by atoms with van der Waals surface area (Å²) in [6, 6.07) is 15.0. The third-order valence-electron chi connectivity index (χ3n) is 5.64. The van der Waals surface area contributed by atoms with E-state index < -0.39 is 24.0 Å². The van der Waals surface area contributed by atoms with Crippen molar-refractivity contribution >= 4 is 18.0 Å². The van der Waals surface area contributed by atoms with Crippen LogP contribution in [0.25, 0.3) is 11.1 Å². The van der Waals surface area contributed by atoms with E-state index in [1.807, 2.05) is 36.4 Å². The Kier molecular flexibility index (Phi) is 6.39. The van der Waals surface area contributed by atoms with Crippen molar-refractivity contribution in [3.8, 4) is 11.1 Å². The van der Waals surface area contributed by atoms with Crippen LogP contribution < -0.4 is 10.6 Å². The number of amides is 2. The Hall–Kier alpha value is -4.14. The second-order valence-corrected chi connectivity index (χ2v) is 7.63. The monoisotopic (exact) mass is 449 g/mol. The first-order chi connectivity index (χ1) is 16.0. The van der Waals surface area contributed by atoms with Crippen LogP contribution in [-0.4, -0.2) is 40.9 Å². The van der Waals surface area contributed by atoms with Gasteiger partial charge in [-0.3, -0.25) is 4.79 Å². The van der Waals surface area contributed by atoms with Gasteiger partial charge in [0.05, 0.1) is 6.54 Å². The van der Waals surface area contributed by atoms with Crippen molar-refractivity contribution in [3.05, 3.63) is 77.2 Å². The van der Waals surface area contributed by atoms with Crippen LogP contribution in [0.1, 0.15) is 46.4 Å². The lowest BCUT2D eigenvalue weighted by Crippen LogP contribution is -2.40. The van der Waals surface area contributed by atoms with Gasteiger partial charge in [0.15, 0.2) is 0 Å². The Morgan fingerprint density at radius 2 is 1.73 bits per heavy atom. The number of carboxylic acids is 1. The normalized spacial score (nSPS) is 13.0. The summed E-state index contributed by atoms with van der Waals surface area (Å²) in [4.78, 5) is 35.8. The average molecular weight is 449 g/mol. The molecule has 3 N–H and O–H groups in total. The van der Waals surface area contributed by atoms with Gasteiger partial charge in [-0.25, -0.2) is 9.59 Å². The summed E-state index contributed by atoms with van der Waals surface area (Å²) in [5.41, 5.74) is 4.69. The maximum absolute atomic E-state index is 12.4. The molecule has 4 rings (SSSR count). The Morgan fingerprint density at radius 1 is 1.09 bits per heavy atom. The van der Waals surface area contributed by atoms with E-state index in [0.717, 1.165) is 28.5 Å². The van der Waals surface area contributed by atoms with Gasteiger partial charge in [-0.2, -0.15) is 0 Å². The molecular formula is C24H23N3O6. The van der Waals surface area contributed by atoms with Crippen LogP contribution in [0.15, 0.2) is 59.3 Å². The number of carbonyl (C=O) groups is 3. The van der Waals surface area contributed by atoms with Gasteiger partial charge < -0.3 is 25.0 Å². The van der Waals surface area contributed by atoms with Crippen LogP contribution in [0.2, 0.25) is 0 Å². The molecule has 9 nitrogen and oxygen atoms in total. The van der Waals surface area contributed by atoms with Crippen molar-refractivity contribution in [2.75, 3.05) is 6.61 Å². The van der Waals surface area contributed by atoms with E-state index in [2.05, 4.69) is 27.9 Å². The van der Waals surface area contributed by atoms with Crippen LogP contribution in [-0.2, 0) is 16.1 Å². The summed E-state index contributed by atoms with van der Waals surface area (Å²) < 4.78 is 10.3. The van der Waals surface area contributed by atoms with E-state index in [1.54, 1.807) is 6.92 Å². The number of alkyl carbamates (subject to hydrolysis) is 1. The van der Waals surface area contributed by atoms with Gasteiger partial charge in [-0.15, -0.1) is 0 Å². The molecule has 9 heteroatoms. The molecule has 0 fully saturated rings. The number of carboxylic acid groups (broad SMARTS) is 1. The second-order valence-electron chi connectivity index (χ2n) is 7.63. The molecule has 1 aliphatic rings. The third kappa shape index (κ3) is 4.57. The quantitative estimate of drug-likeness (QED) is 0.481. The molecule has 1 atom stereocenters. The van der Waals surface area contributed by atoms with Gasteiger partial charge in [0.2, 0.25) is 0 Å². The Bertz CT molecular complexity index is 1140. The molecule has 3 aromatic rings. The highest BCUT2D eigenvalue weighted by atomic mass is 16.5. The molecule has 1 aromatic heterocycles. The van der Waals surface area contributed by atoms with Crippen LogP contribution in [0.5, 0.6) is 0 Å². The van der Waals surface area contributed by atoms with Crippen molar-refractivity contribution in [1.82, 2.24) is 15.8 Å². The zero-order valence-corrected chi connectivity index (χ0v) is 17.9. The number of carbonyl (C=O) groups excluding carboxylic acids is 2. The van der Waals surface area contributed by atoms with E-state index in [1.165, 1.54) is 0 Å². The lowest BCUT2D eigenvalue weighted by atomic mass is 9.98. The van der Waals surface area contributed by atoms with E-state index >= 15 is 0 Å². The Morgan fingerprint density at radius 3 is 2.33 bits per heavy atom. The molecule has 33 heavy (non-hydrogen) atoms. The second kappa shape index (κ2) is 9.56. The minimum Gasteiger partial charge on any atom is -0.480 e. The Labute approximate surface area is 189 Å². The first-order valence-electron chi connectivity index (χ1n) is 10.5. The van der Waals surface area contributed by atoms with Crippen molar-refractivity contribution in [2.45, 2.75) is 31.8 Å². The molecule has 0 unspecified atom stereocenters. The zero-order chi connectivity index (χ0) is 23.4. The predicted molar refractivity (Wildman–Crippen MR) is 118 cm³/mol. The minimum atomic E-state index is -1.14. The maximum atomic E-state index is 12.4. The third-order valence-corrected chi connectivity index (χ3v) is 5.64. The van der Waals surface area contributed by atoms with Crippen LogP contribution in [0.3, 0.4) is 0 Å². The van der Waals surface area contributed by atoms with Gasteiger partial charge in [-0.1, -0.05) is 60.6 Å². The molecule has 170 valence electrons. The lowest BCUT2D eigenvalue weighted by molar-refractivity contribution is -0.139. The van der Waals surface area contributed by atoms with Gasteiger partial charge >= 0.3 is 12.1 Å². The minimum absolute atomic E-state index is 0.0497. The molecule has 0 aliphatic heterocycles. The average Bonchev–Trinajstić information content (AvgIpc) is 3.42. The van der Waals surface area contributed by atoms with Crippen molar-refractivity contribution < 1.29 is 28.8 Å². The number of ether oxygens (including phenoxy) is 1. The standard InChI is InChI=1S/C24H23N3O6/c1-2-20(23(29)30)26-22(28)19-13-33-27-21(19)11-25-24(31)32-12-18-16-9-5-3-7-14(16)15-8-4-6-10-17(15)18/h3-10,13,18,20H,2,11-12H2,1H3,(H,25,31)(H,26,28)(H,29,30)/t20-/m0/s1. The van der Waals surface area contributed by atoms with E-state index in [-0.39, 0.29) is 36.7 Å². The van der Waals surface area contributed by atoms with Gasteiger partial charge in [-0.05, 0) is 28.7 Å². The molecule has 2 amide bonds. The first-order valence-corrected chi connectivity index (χ1v) is 10.5. The van der Waals surface area contributed by atoms with E-state index in [9.17, 15) is 14.4 Å². The molecule has 2 aromatic carbocycles. The Balaban J connectivity index is 1.36. The number of aromatic nitrogens is 1. The number of nitrogens with zero attached hydrogens (tertiary/aromatic N) is 1. The van der Waals surface area contributed by atoms with E-state index in [0.29, 0.717) is 0 Å². The van der Waals surface area contributed by atoms with Crippen molar-refractivity contribution in [1.29, 1.82) is 0 Å². The summed E-state index contributed by atoms with van der Waals surface area (Å²) in [7, 11) is 0. The van der Waals surface area contributed by atoms with Gasteiger partial charge in [0.25, 0.3) is 5.91 Å². The molecule has 1 aliphatic carbocycles. The van der Waals surface area contributed by atoms with Gasteiger partial charge in [0.1, 0.15) is 30.2 Å². The highest BCUT2D eigenvalue weighted by Crippen LogP contribution is 2.44. The van der Waals surface area contributed by atoms with Crippen molar-refractivity contribution in [2.24, 2.45) is 0 Å². The fourth-order valence-electron chi connectivity index (χ4n) is 3.95.